The van der Waals surface area contributed by atoms with Crippen molar-refractivity contribution in [2.75, 3.05) is 0 Å². The molecule has 3 heterocycles. The van der Waals surface area contributed by atoms with E-state index in [9.17, 15) is 0 Å². The first kappa shape index (κ1) is 16.7. The highest BCUT2D eigenvalue weighted by atomic mass is 32.2. The number of thiophene rings is 1. The molecule has 1 aromatic carbocycles. The molecule has 0 aliphatic heterocycles. The fourth-order valence-electron chi connectivity index (χ4n) is 2.89. The van der Waals surface area contributed by atoms with E-state index in [-0.39, 0.29) is 5.25 Å². The van der Waals surface area contributed by atoms with Crippen LogP contribution in [0.2, 0.25) is 0 Å². The molecular weight excluding hydrogens is 378 g/mol. The number of nitrogens with zero attached hydrogens (tertiary/aromatic N) is 5. The molecule has 0 amide bonds. The average molecular weight is 396 g/mol. The van der Waals surface area contributed by atoms with E-state index in [0.29, 0.717) is 17.7 Å². The number of thioether (sulfide) groups is 1. The molecule has 6 nitrogen and oxygen atoms in total. The Morgan fingerprint density at radius 1 is 1.07 bits per heavy atom. The fraction of sp³-hybridized carbons (Fsp3) is 0.263. The van der Waals surface area contributed by atoms with Gasteiger partial charge in [-0.15, -0.1) is 31.7 Å². The average Bonchev–Trinajstić information content (AvgIpc) is 3.11. The molecule has 8 heteroatoms. The van der Waals surface area contributed by atoms with E-state index in [2.05, 4.69) is 44.0 Å². The lowest BCUT2D eigenvalue weighted by Gasteiger charge is -2.11. The summed E-state index contributed by atoms with van der Waals surface area (Å²) in [6.45, 7) is 2.05. The molecule has 0 saturated heterocycles. The van der Waals surface area contributed by atoms with Crippen LogP contribution in [0.5, 0.6) is 0 Å². The lowest BCUT2D eigenvalue weighted by Crippen LogP contribution is -2.02. The molecule has 27 heavy (non-hydrogen) atoms. The molecule has 1 aliphatic carbocycles. The van der Waals surface area contributed by atoms with Crippen LogP contribution in [0.3, 0.4) is 0 Å². The second kappa shape index (κ2) is 6.94. The molecule has 4 aromatic rings. The van der Waals surface area contributed by atoms with E-state index in [1.165, 1.54) is 12.8 Å². The van der Waals surface area contributed by atoms with E-state index in [1.54, 1.807) is 23.1 Å². The summed E-state index contributed by atoms with van der Waals surface area (Å²) < 4.78 is 8.05. The van der Waals surface area contributed by atoms with Crippen molar-refractivity contribution in [3.05, 3.63) is 59.6 Å². The zero-order valence-electron chi connectivity index (χ0n) is 14.6. The first-order valence-electron chi connectivity index (χ1n) is 8.84. The summed E-state index contributed by atoms with van der Waals surface area (Å²) in [5.74, 6) is 2.71. The van der Waals surface area contributed by atoms with Gasteiger partial charge in [-0.25, -0.2) is 0 Å². The van der Waals surface area contributed by atoms with Crippen molar-refractivity contribution in [2.24, 2.45) is 0 Å². The molecule has 5 rings (SSSR count). The number of hydrogen-bond donors (Lipinski definition) is 0. The molecule has 1 fully saturated rings. The molecule has 0 spiro atoms. The predicted octanol–water partition coefficient (Wildman–Crippen LogP) is 5.11. The van der Waals surface area contributed by atoms with Gasteiger partial charge in [0.05, 0.1) is 10.1 Å². The molecule has 1 aliphatic rings. The van der Waals surface area contributed by atoms with Gasteiger partial charge in [0.25, 0.3) is 5.89 Å². The maximum absolute atomic E-state index is 5.88. The van der Waals surface area contributed by atoms with Gasteiger partial charge in [0.2, 0.25) is 5.89 Å². The van der Waals surface area contributed by atoms with Crippen molar-refractivity contribution in [1.29, 1.82) is 0 Å². The molecule has 0 radical (unpaired) electrons. The van der Waals surface area contributed by atoms with Gasteiger partial charge in [0.15, 0.2) is 5.16 Å². The summed E-state index contributed by atoms with van der Waals surface area (Å²) in [4.78, 5) is 0.981. The number of hydrogen-bond acceptors (Lipinski definition) is 7. The van der Waals surface area contributed by atoms with Crippen LogP contribution < -0.4 is 0 Å². The predicted molar refractivity (Wildman–Crippen MR) is 105 cm³/mol. The van der Waals surface area contributed by atoms with Gasteiger partial charge in [-0.3, -0.25) is 4.57 Å². The summed E-state index contributed by atoms with van der Waals surface area (Å²) in [6, 6.07) is 14.2. The molecule has 0 N–H and O–H groups in total. The quantitative estimate of drug-likeness (QED) is 0.423. The molecular formula is C19H17N5OS2. The van der Waals surface area contributed by atoms with Crippen molar-refractivity contribution in [3.8, 4) is 16.5 Å². The standard InChI is InChI=1S/C19H17N5OS2/c1-12(17-21-22-18(25-17)15-8-5-11-26-15)27-19-23-20-16(13-9-10-13)24(19)14-6-3-2-4-7-14/h2-8,11-13H,9-10H2,1H3/t12-/m1/s1. The Hall–Kier alpha value is -2.45. The van der Waals surface area contributed by atoms with Crippen molar-refractivity contribution >= 4 is 23.1 Å². The van der Waals surface area contributed by atoms with E-state index >= 15 is 0 Å². The Balaban J connectivity index is 1.44. The highest BCUT2D eigenvalue weighted by molar-refractivity contribution is 7.99. The van der Waals surface area contributed by atoms with Crippen LogP contribution >= 0.6 is 23.1 Å². The van der Waals surface area contributed by atoms with Gasteiger partial charge in [-0.1, -0.05) is 36.0 Å². The van der Waals surface area contributed by atoms with Crippen molar-refractivity contribution in [3.63, 3.8) is 0 Å². The zero-order chi connectivity index (χ0) is 18.2. The Bertz CT molecular complexity index is 1040. The minimum absolute atomic E-state index is 0.0232. The number of para-hydroxylation sites is 1. The third-order valence-corrected chi connectivity index (χ3v) is 6.31. The number of benzene rings is 1. The van der Waals surface area contributed by atoms with Gasteiger partial charge in [-0.2, -0.15) is 0 Å². The Kier molecular flexibility index (Phi) is 4.29. The van der Waals surface area contributed by atoms with Crippen molar-refractivity contribution in [2.45, 2.75) is 36.1 Å². The second-order valence-electron chi connectivity index (χ2n) is 6.47. The molecule has 0 unspecified atom stereocenters. The van der Waals surface area contributed by atoms with Crippen LogP contribution in [0, 0.1) is 0 Å². The lowest BCUT2D eigenvalue weighted by molar-refractivity contribution is 0.510. The van der Waals surface area contributed by atoms with Crippen LogP contribution in [0.4, 0.5) is 0 Å². The number of aromatic nitrogens is 5. The van der Waals surface area contributed by atoms with Gasteiger partial charge in [-0.05, 0) is 43.3 Å². The minimum atomic E-state index is -0.0232. The third kappa shape index (κ3) is 3.30. The van der Waals surface area contributed by atoms with Crippen molar-refractivity contribution in [1.82, 2.24) is 25.0 Å². The van der Waals surface area contributed by atoms with E-state index in [1.807, 2.05) is 35.7 Å². The maximum atomic E-state index is 5.88. The highest BCUT2D eigenvalue weighted by Crippen LogP contribution is 2.43. The summed E-state index contributed by atoms with van der Waals surface area (Å²) in [6.07, 6.45) is 2.36. The zero-order valence-corrected chi connectivity index (χ0v) is 16.3. The number of rotatable bonds is 6. The summed E-state index contributed by atoms with van der Waals surface area (Å²) >= 11 is 3.18. The Labute approximate surface area is 164 Å². The van der Waals surface area contributed by atoms with Gasteiger partial charge >= 0.3 is 0 Å². The Morgan fingerprint density at radius 2 is 1.93 bits per heavy atom. The van der Waals surface area contributed by atoms with Gasteiger partial charge in [0, 0.05) is 11.6 Å². The third-order valence-electron chi connectivity index (χ3n) is 4.42. The largest absolute Gasteiger partial charge is 0.419 e. The SMILES string of the molecule is C[C@@H](Sc1nnc(C2CC2)n1-c1ccccc1)c1nnc(-c2cccs2)o1. The first-order chi connectivity index (χ1) is 13.3. The van der Waals surface area contributed by atoms with Crippen LogP contribution in [0.25, 0.3) is 16.5 Å². The topological polar surface area (TPSA) is 69.6 Å². The normalized spacial score (nSPS) is 15.1. The van der Waals surface area contributed by atoms with E-state index < -0.39 is 0 Å². The van der Waals surface area contributed by atoms with Gasteiger partial charge in [0.1, 0.15) is 5.82 Å². The van der Waals surface area contributed by atoms with Crippen LogP contribution in [-0.2, 0) is 0 Å². The fourth-order valence-corrected chi connectivity index (χ4v) is 4.44. The highest BCUT2D eigenvalue weighted by Gasteiger charge is 2.31. The summed E-state index contributed by atoms with van der Waals surface area (Å²) in [5, 5.41) is 20.2. The molecule has 1 saturated carbocycles. The molecule has 136 valence electrons. The summed E-state index contributed by atoms with van der Waals surface area (Å²) in [5.41, 5.74) is 1.09. The van der Waals surface area contributed by atoms with Crippen LogP contribution in [0.1, 0.15) is 42.6 Å². The lowest BCUT2D eigenvalue weighted by atomic mass is 10.3. The monoisotopic (exact) mass is 395 g/mol. The minimum Gasteiger partial charge on any atom is -0.419 e. The van der Waals surface area contributed by atoms with E-state index in [4.69, 9.17) is 4.42 Å². The maximum Gasteiger partial charge on any atom is 0.257 e. The van der Waals surface area contributed by atoms with Crippen LogP contribution in [0.15, 0.2) is 57.4 Å². The van der Waals surface area contributed by atoms with Crippen molar-refractivity contribution < 1.29 is 4.42 Å². The van der Waals surface area contributed by atoms with Crippen LogP contribution in [-0.4, -0.2) is 25.0 Å². The Morgan fingerprint density at radius 3 is 2.67 bits per heavy atom. The smallest absolute Gasteiger partial charge is 0.257 e. The molecule has 3 aromatic heterocycles. The second-order valence-corrected chi connectivity index (χ2v) is 8.72. The molecule has 0 bridgehead atoms. The molecule has 1 atom stereocenters. The first-order valence-corrected chi connectivity index (χ1v) is 10.6. The summed E-state index contributed by atoms with van der Waals surface area (Å²) in [7, 11) is 0. The van der Waals surface area contributed by atoms with Gasteiger partial charge < -0.3 is 4.42 Å². The van der Waals surface area contributed by atoms with E-state index in [0.717, 1.165) is 21.5 Å².